The monoisotopic (exact) mass is 348 g/mol. The molecule has 0 saturated carbocycles. The number of para-hydroxylation sites is 1. The molecule has 1 aliphatic rings. The second-order valence-electron chi connectivity index (χ2n) is 4.91. The predicted molar refractivity (Wildman–Crippen MR) is 86.5 cm³/mol. The molecule has 1 aromatic carbocycles. The van der Waals surface area contributed by atoms with E-state index in [1.807, 2.05) is 0 Å². The predicted octanol–water partition coefficient (Wildman–Crippen LogP) is 0.640. The number of sulfonamides is 1. The number of rotatable bonds is 4. The van der Waals surface area contributed by atoms with E-state index in [0.717, 1.165) is 0 Å². The number of nitrogens with two attached hydrogens (primary N) is 1. The van der Waals surface area contributed by atoms with Gasteiger partial charge in [0.2, 0.25) is 10.0 Å². The third-order valence-electron chi connectivity index (χ3n) is 3.39. The van der Waals surface area contributed by atoms with Crippen molar-refractivity contribution in [3.63, 3.8) is 0 Å². The summed E-state index contributed by atoms with van der Waals surface area (Å²) in [4.78, 5) is 0.0968. The fourth-order valence-corrected chi connectivity index (χ4v) is 5.68. The number of nitrogens with one attached hydrogen (secondary N) is 1. The fraction of sp³-hybridized carbons (Fsp3) is 0.417. The summed E-state index contributed by atoms with van der Waals surface area (Å²) in [5, 5.41) is -0.722. The van der Waals surface area contributed by atoms with Gasteiger partial charge in [0, 0.05) is 5.56 Å². The van der Waals surface area contributed by atoms with Gasteiger partial charge in [-0.1, -0.05) is 24.4 Å². The Morgan fingerprint density at radius 1 is 1.24 bits per heavy atom. The van der Waals surface area contributed by atoms with E-state index in [1.54, 1.807) is 24.3 Å². The van der Waals surface area contributed by atoms with Gasteiger partial charge in [-0.3, -0.25) is 4.72 Å². The van der Waals surface area contributed by atoms with Crippen molar-refractivity contribution in [1.29, 1.82) is 0 Å². The van der Waals surface area contributed by atoms with Crippen LogP contribution < -0.4 is 10.5 Å². The van der Waals surface area contributed by atoms with Crippen LogP contribution in [-0.4, -0.2) is 38.6 Å². The van der Waals surface area contributed by atoms with E-state index in [2.05, 4.69) is 4.72 Å². The van der Waals surface area contributed by atoms with Gasteiger partial charge in [0.15, 0.2) is 0 Å². The number of hydrogen-bond acceptors (Lipinski definition) is 5. The first-order valence-electron chi connectivity index (χ1n) is 6.32. The van der Waals surface area contributed by atoms with Gasteiger partial charge >= 0.3 is 0 Å². The maximum absolute atomic E-state index is 12.4. The highest BCUT2D eigenvalue weighted by atomic mass is 32.2. The lowest BCUT2D eigenvalue weighted by atomic mass is 10.2. The van der Waals surface area contributed by atoms with Crippen LogP contribution in [0.25, 0.3) is 0 Å². The van der Waals surface area contributed by atoms with Crippen molar-refractivity contribution in [2.45, 2.75) is 18.1 Å². The Bertz CT molecular complexity index is 742. The number of anilines is 1. The van der Waals surface area contributed by atoms with E-state index in [4.69, 9.17) is 18.0 Å². The molecule has 0 aliphatic carbocycles. The molecule has 0 unspecified atom stereocenters. The largest absolute Gasteiger partial charge is 0.389 e. The molecule has 1 fully saturated rings. The first-order chi connectivity index (χ1) is 9.71. The van der Waals surface area contributed by atoms with Crippen molar-refractivity contribution < 1.29 is 16.8 Å². The lowest BCUT2D eigenvalue weighted by molar-refractivity contribution is 0.555. The molecule has 6 nitrogen and oxygen atoms in total. The van der Waals surface area contributed by atoms with Crippen LogP contribution in [0.1, 0.15) is 18.4 Å². The van der Waals surface area contributed by atoms with E-state index in [-0.39, 0.29) is 29.3 Å². The molecule has 0 aromatic heterocycles. The zero-order chi connectivity index (χ0) is 15.7. The lowest BCUT2D eigenvalue weighted by Crippen LogP contribution is -2.36. The van der Waals surface area contributed by atoms with E-state index in [1.165, 1.54) is 0 Å². The molecule has 116 valence electrons. The zero-order valence-corrected chi connectivity index (χ0v) is 13.6. The number of hydrogen-bond donors (Lipinski definition) is 2. The highest BCUT2D eigenvalue weighted by Crippen LogP contribution is 2.23. The average Bonchev–Trinajstić information content (AvgIpc) is 2.38. The molecule has 0 atom stereocenters. The van der Waals surface area contributed by atoms with Gasteiger partial charge in [-0.25, -0.2) is 16.8 Å². The Labute approximate surface area is 129 Å². The maximum Gasteiger partial charge on any atom is 0.235 e. The first-order valence-corrected chi connectivity index (χ1v) is 10.1. The Kier molecular flexibility index (Phi) is 4.54. The SMILES string of the molecule is NC(=S)c1ccccc1NS(=O)(=O)C1CCS(=O)(=O)CC1. The molecule has 1 aromatic rings. The van der Waals surface area contributed by atoms with E-state index in [9.17, 15) is 16.8 Å². The van der Waals surface area contributed by atoms with Crippen molar-refractivity contribution in [3.8, 4) is 0 Å². The molecule has 9 heteroatoms. The minimum Gasteiger partial charge on any atom is -0.389 e. The molecule has 21 heavy (non-hydrogen) atoms. The second kappa shape index (κ2) is 5.90. The Hall–Kier alpha value is -1.19. The Morgan fingerprint density at radius 2 is 1.81 bits per heavy atom. The van der Waals surface area contributed by atoms with Crippen molar-refractivity contribution in [3.05, 3.63) is 29.8 Å². The van der Waals surface area contributed by atoms with Crippen LogP contribution in [0.5, 0.6) is 0 Å². The molecule has 3 N–H and O–H groups in total. The summed E-state index contributed by atoms with van der Waals surface area (Å²) in [5.74, 6) is -0.203. The van der Waals surface area contributed by atoms with Crippen LogP contribution in [-0.2, 0) is 19.9 Å². The van der Waals surface area contributed by atoms with Crippen LogP contribution in [0.4, 0.5) is 5.69 Å². The van der Waals surface area contributed by atoms with Gasteiger partial charge in [0.25, 0.3) is 0 Å². The Morgan fingerprint density at radius 3 is 2.38 bits per heavy atom. The summed E-state index contributed by atoms with van der Waals surface area (Å²) in [7, 11) is -6.78. The zero-order valence-electron chi connectivity index (χ0n) is 11.2. The molecular weight excluding hydrogens is 332 g/mol. The standard InChI is InChI=1S/C12H16N2O4S3/c13-12(19)10-3-1-2-4-11(10)14-21(17,18)9-5-7-20(15,16)8-6-9/h1-4,9,14H,5-8H2,(H2,13,19). The maximum atomic E-state index is 12.4. The first kappa shape index (κ1) is 16.2. The van der Waals surface area contributed by atoms with Crippen LogP contribution >= 0.6 is 12.2 Å². The van der Waals surface area contributed by atoms with Crippen LogP contribution in [0.3, 0.4) is 0 Å². The molecule has 0 radical (unpaired) electrons. The highest BCUT2D eigenvalue weighted by Gasteiger charge is 2.33. The van der Waals surface area contributed by atoms with Gasteiger partial charge in [-0.2, -0.15) is 0 Å². The minimum atomic E-state index is -3.67. The van der Waals surface area contributed by atoms with Crippen LogP contribution in [0.15, 0.2) is 24.3 Å². The van der Waals surface area contributed by atoms with Crippen molar-refractivity contribution in [1.82, 2.24) is 0 Å². The molecular formula is C12H16N2O4S3. The third-order valence-corrected chi connectivity index (χ3v) is 7.17. The van der Waals surface area contributed by atoms with Crippen molar-refractivity contribution >= 4 is 42.8 Å². The van der Waals surface area contributed by atoms with E-state index >= 15 is 0 Å². The summed E-state index contributed by atoms with van der Waals surface area (Å²) in [6.45, 7) is 0. The van der Waals surface area contributed by atoms with Crippen molar-refractivity contribution in [2.75, 3.05) is 16.2 Å². The smallest absolute Gasteiger partial charge is 0.235 e. The molecule has 0 amide bonds. The molecule has 0 spiro atoms. The highest BCUT2D eigenvalue weighted by molar-refractivity contribution is 7.94. The number of sulfone groups is 1. The van der Waals surface area contributed by atoms with Gasteiger partial charge < -0.3 is 5.73 Å². The summed E-state index contributed by atoms with van der Waals surface area (Å²) >= 11 is 4.89. The normalized spacial score (nSPS) is 19.0. The van der Waals surface area contributed by atoms with Gasteiger partial charge in [0.05, 0.1) is 22.4 Å². The molecule has 2 rings (SSSR count). The minimum absolute atomic E-state index is 0.0968. The third kappa shape index (κ3) is 3.92. The van der Waals surface area contributed by atoms with Gasteiger partial charge in [-0.05, 0) is 25.0 Å². The summed E-state index contributed by atoms with van der Waals surface area (Å²) in [6.07, 6.45) is 0.208. The Balaban J connectivity index is 2.21. The van der Waals surface area contributed by atoms with Crippen LogP contribution in [0, 0.1) is 0 Å². The average molecular weight is 348 g/mol. The van der Waals surface area contributed by atoms with Gasteiger partial charge in [-0.15, -0.1) is 0 Å². The second-order valence-corrected chi connectivity index (χ2v) is 9.61. The number of thiocarbonyl (C=S) groups is 1. The quantitative estimate of drug-likeness (QED) is 0.774. The van der Waals surface area contributed by atoms with Crippen LogP contribution in [0.2, 0.25) is 0 Å². The molecule has 0 bridgehead atoms. The lowest BCUT2D eigenvalue weighted by Gasteiger charge is -2.23. The summed E-state index contributed by atoms with van der Waals surface area (Å²) < 4.78 is 49.9. The summed E-state index contributed by atoms with van der Waals surface area (Å²) in [5.41, 5.74) is 6.33. The van der Waals surface area contributed by atoms with E-state index in [0.29, 0.717) is 11.3 Å². The molecule has 1 saturated heterocycles. The molecule has 1 aliphatic heterocycles. The van der Waals surface area contributed by atoms with Gasteiger partial charge in [0.1, 0.15) is 14.8 Å². The summed E-state index contributed by atoms with van der Waals surface area (Å²) in [6, 6.07) is 6.58. The topological polar surface area (TPSA) is 106 Å². The number of benzene rings is 1. The van der Waals surface area contributed by atoms with Crippen molar-refractivity contribution in [2.24, 2.45) is 5.73 Å². The van der Waals surface area contributed by atoms with E-state index < -0.39 is 25.1 Å². The molecule has 1 heterocycles. The fourth-order valence-electron chi connectivity index (χ4n) is 2.20.